The first kappa shape index (κ1) is 17.4. The Morgan fingerprint density at radius 2 is 1.76 bits per heavy atom. The molecule has 1 aromatic rings. The van der Waals surface area contributed by atoms with Crippen molar-refractivity contribution in [1.29, 1.82) is 0 Å². The van der Waals surface area contributed by atoms with Crippen molar-refractivity contribution in [3.8, 4) is 0 Å². The van der Waals surface area contributed by atoms with Gasteiger partial charge in [-0.05, 0) is 12.0 Å². The molecule has 3 nitrogen and oxygen atoms in total. The van der Waals surface area contributed by atoms with E-state index in [-0.39, 0.29) is 11.8 Å². The third-order valence-corrected chi connectivity index (χ3v) is 3.50. The minimum atomic E-state index is -0.283. The fourth-order valence-electron chi connectivity index (χ4n) is 2.34. The molecule has 3 heteroatoms. The van der Waals surface area contributed by atoms with Gasteiger partial charge in [0.15, 0.2) is 5.78 Å². The maximum Gasteiger partial charge on any atom is 0.302 e. The molecule has 0 aliphatic rings. The summed E-state index contributed by atoms with van der Waals surface area (Å²) in [6.45, 7) is 3.91. The van der Waals surface area contributed by atoms with Gasteiger partial charge in [-0.15, -0.1) is 0 Å². The zero-order valence-electron chi connectivity index (χ0n) is 13.2. The van der Waals surface area contributed by atoms with Crippen LogP contribution in [0.1, 0.15) is 68.3 Å². The van der Waals surface area contributed by atoms with Crippen molar-refractivity contribution in [1.82, 2.24) is 0 Å². The molecule has 116 valence electrons. The van der Waals surface area contributed by atoms with Crippen LogP contribution < -0.4 is 0 Å². The molecular formula is C18H26O3. The van der Waals surface area contributed by atoms with E-state index in [1.807, 2.05) is 24.3 Å². The molecule has 0 heterocycles. The summed E-state index contributed by atoms with van der Waals surface area (Å²) in [6, 6.07) is 7.62. The molecule has 0 aliphatic heterocycles. The first-order chi connectivity index (χ1) is 10.1. The second kappa shape index (κ2) is 10.1. The number of carbonyl (C=O) groups excluding carboxylic acids is 2. The summed E-state index contributed by atoms with van der Waals surface area (Å²) >= 11 is 0. The predicted octanol–water partition coefficient (Wildman–Crippen LogP) is 4.34. The Kier molecular flexibility index (Phi) is 8.41. The van der Waals surface area contributed by atoms with Gasteiger partial charge in [-0.25, -0.2) is 0 Å². The molecule has 0 unspecified atom stereocenters. The maximum absolute atomic E-state index is 12.3. The standard InChI is InChI=1S/C18H26O3/c1-3-4-5-6-7-12-18(20)17-11-9-8-10-16(17)13-14-21-15(2)19/h8-11H,3-7,12-14H2,1-2H3. The highest BCUT2D eigenvalue weighted by Crippen LogP contribution is 2.15. The van der Waals surface area contributed by atoms with Crippen LogP contribution >= 0.6 is 0 Å². The van der Waals surface area contributed by atoms with E-state index in [0.717, 1.165) is 24.0 Å². The summed E-state index contributed by atoms with van der Waals surface area (Å²) in [5.74, 6) is -0.0837. The molecule has 0 saturated heterocycles. The van der Waals surface area contributed by atoms with E-state index in [1.54, 1.807) is 0 Å². The number of unbranched alkanes of at least 4 members (excludes halogenated alkanes) is 4. The lowest BCUT2D eigenvalue weighted by molar-refractivity contribution is -0.140. The Labute approximate surface area is 127 Å². The summed E-state index contributed by atoms with van der Waals surface area (Å²) in [5, 5.41) is 0. The molecule has 0 amide bonds. The van der Waals surface area contributed by atoms with Gasteiger partial charge in [-0.3, -0.25) is 9.59 Å². The number of esters is 1. The molecule has 0 bridgehead atoms. The van der Waals surface area contributed by atoms with Crippen molar-refractivity contribution in [2.45, 2.75) is 58.8 Å². The van der Waals surface area contributed by atoms with Crippen LogP contribution in [0.4, 0.5) is 0 Å². The predicted molar refractivity (Wildman–Crippen MR) is 84.5 cm³/mol. The molecule has 0 fully saturated rings. The first-order valence-electron chi connectivity index (χ1n) is 7.89. The molecule has 0 aliphatic carbocycles. The monoisotopic (exact) mass is 290 g/mol. The Morgan fingerprint density at radius 1 is 1.05 bits per heavy atom. The summed E-state index contributed by atoms with van der Waals surface area (Å²) < 4.78 is 4.96. The van der Waals surface area contributed by atoms with E-state index in [2.05, 4.69) is 6.92 Å². The molecule has 0 atom stereocenters. The van der Waals surface area contributed by atoms with E-state index in [0.29, 0.717) is 19.4 Å². The highest BCUT2D eigenvalue weighted by atomic mass is 16.5. The van der Waals surface area contributed by atoms with E-state index in [4.69, 9.17) is 4.74 Å². The van der Waals surface area contributed by atoms with E-state index in [1.165, 1.54) is 26.2 Å². The van der Waals surface area contributed by atoms with Crippen LogP contribution in [0, 0.1) is 0 Å². The molecule has 1 aromatic carbocycles. The van der Waals surface area contributed by atoms with Crippen LogP contribution in [0.15, 0.2) is 24.3 Å². The quantitative estimate of drug-likeness (QED) is 0.366. The maximum atomic E-state index is 12.3. The number of rotatable bonds is 10. The highest BCUT2D eigenvalue weighted by molar-refractivity contribution is 5.97. The van der Waals surface area contributed by atoms with Crippen molar-refractivity contribution in [2.24, 2.45) is 0 Å². The number of ketones is 1. The van der Waals surface area contributed by atoms with E-state index >= 15 is 0 Å². The second-order valence-corrected chi connectivity index (χ2v) is 5.33. The van der Waals surface area contributed by atoms with Gasteiger partial charge in [0.2, 0.25) is 0 Å². The minimum Gasteiger partial charge on any atom is -0.466 e. The first-order valence-corrected chi connectivity index (χ1v) is 7.89. The van der Waals surface area contributed by atoms with Crippen LogP contribution in [0.25, 0.3) is 0 Å². The average molecular weight is 290 g/mol. The molecule has 0 spiro atoms. The van der Waals surface area contributed by atoms with Crippen LogP contribution in [0.5, 0.6) is 0 Å². The van der Waals surface area contributed by atoms with Crippen LogP contribution in [-0.4, -0.2) is 18.4 Å². The molecule has 21 heavy (non-hydrogen) atoms. The summed E-state index contributed by atoms with van der Waals surface area (Å²) in [6.07, 6.45) is 6.94. The van der Waals surface area contributed by atoms with Crippen molar-refractivity contribution in [2.75, 3.05) is 6.61 Å². The number of hydrogen-bond donors (Lipinski definition) is 0. The molecule has 1 rings (SSSR count). The fourth-order valence-corrected chi connectivity index (χ4v) is 2.34. The Hall–Kier alpha value is -1.64. The zero-order valence-corrected chi connectivity index (χ0v) is 13.2. The lowest BCUT2D eigenvalue weighted by Gasteiger charge is -2.09. The molecule has 0 radical (unpaired) electrons. The van der Waals surface area contributed by atoms with Crippen LogP contribution in [0.2, 0.25) is 0 Å². The van der Waals surface area contributed by atoms with Crippen molar-refractivity contribution in [3.63, 3.8) is 0 Å². The van der Waals surface area contributed by atoms with Gasteiger partial charge < -0.3 is 4.74 Å². The average Bonchev–Trinajstić information content (AvgIpc) is 2.47. The molecule has 0 aromatic heterocycles. The Morgan fingerprint density at radius 3 is 2.48 bits per heavy atom. The van der Waals surface area contributed by atoms with Gasteiger partial charge in [-0.2, -0.15) is 0 Å². The smallest absolute Gasteiger partial charge is 0.302 e. The third-order valence-electron chi connectivity index (χ3n) is 3.50. The fraction of sp³-hybridized carbons (Fsp3) is 0.556. The summed E-state index contributed by atoms with van der Waals surface area (Å²) in [5.41, 5.74) is 1.75. The third kappa shape index (κ3) is 7.07. The summed E-state index contributed by atoms with van der Waals surface area (Å²) in [4.78, 5) is 23.1. The van der Waals surface area contributed by atoms with Gasteiger partial charge in [-0.1, -0.05) is 56.9 Å². The van der Waals surface area contributed by atoms with E-state index < -0.39 is 0 Å². The molecule has 0 saturated carbocycles. The van der Waals surface area contributed by atoms with Crippen molar-refractivity contribution >= 4 is 11.8 Å². The van der Waals surface area contributed by atoms with Crippen LogP contribution in [0.3, 0.4) is 0 Å². The van der Waals surface area contributed by atoms with Gasteiger partial charge >= 0.3 is 5.97 Å². The zero-order chi connectivity index (χ0) is 15.5. The lowest BCUT2D eigenvalue weighted by Crippen LogP contribution is -2.08. The van der Waals surface area contributed by atoms with Crippen LogP contribution in [-0.2, 0) is 16.0 Å². The van der Waals surface area contributed by atoms with Gasteiger partial charge in [0, 0.05) is 25.3 Å². The number of carbonyl (C=O) groups is 2. The normalized spacial score (nSPS) is 10.4. The number of hydrogen-bond acceptors (Lipinski definition) is 3. The van der Waals surface area contributed by atoms with Gasteiger partial charge in [0.1, 0.15) is 0 Å². The number of ether oxygens (including phenoxy) is 1. The lowest BCUT2D eigenvalue weighted by atomic mass is 9.97. The van der Waals surface area contributed by atoms with Crippen molar-refractivity contribution < 1.29 is 14.3 Å². The molecule has 0 N–H and O–H groups in total. The Balaban J connectivity index is 2.48. The van der Waals surface area contributed by atoms with Crippen molar-refractivity contribution in [3.05, 3.63) is 35.4 Å². The van der Waals surface area contributed by atoms with Gasteiger partial charge in [0.05, 0.1) is 6.61 Å². The molecular weight excluding hydrogens is 264 g/mol. The second-order valence-electron chi connectivity index (χ2n) is 5.33. The topological polar surface area (TPSA) is 43.4 Å². The number of benzene rings is 1. The highest BCUT2D eigenvalue weighted by Gasteiger charge is 2.10. The SMILES string of the molecule is CCCCCCCC(=O)c1ccccc1CCOC(C)=O. The number of Topliss-reactive ketones (excluding diaryl/α,β-unsaturated/α-hetero) is 1. The summed E-state index contributed by atoms with van der Waals surface area (Å²) in [7, 11) is 0. The largest absolute Gasteiger partial charge is 0.466 e. The Bertz CT molecular complexity index is 452. The minimum absolute atomic E-state index is 0.199. The van der Waals surface area contributed by atoms with Gasteiger partial charge in [0.25, 0.3) is 0 Å². The van der Waals surface area contributed by atoms with E-state index in [9.17, 15) is 9.59 Å².